The van der Waals surface area contributed by atoms with Gasteiger partial charge in [-0.1, -0.05) is 19.4 Å². The third-order valence-corrected chi connectivity index (χ3v) is 2.85. The molecule has 0 aliphatic carbocycles. The smallest absolute Gasteiger partial charge is 0.333 e. The second kappa shape index (κ2) is 10.00. The molecule has 0 bridgehead atoms. The molecule has 0 aromatic rings. The first-order valence-corrected chi connectivity index (χ1v) is 6.76. The minimum absolute atomic E-state index is 0.0491. The number of likely N-dealkylation sites (N-methyl/N-ethyl adjacent to an activating group) is 1. The Morgan fingerprint density at radius 2 is 2.00 bits per heavy atom. The van der Waals surface area contributed by atoms with Crippen LogP contribution in [0.3, 0.4) is 0 Å². The Morgan fingerprint density at radius 1 is 1.35 bits per heavy atom. The Balaban J connectivity index is 4.85. The van der Waals surface area contributed by atoms with E-state index in [1.165, 1.54) is 4.90 Å². The number of ether oxygens (including phenoxy) is 1. The van der Waals surface area contributed by atoms with Crippen LogP contribution in [0.25, 0.3) is 0 Å². The molecule has 0 aliphatic heterocycles. The van der Waals surface area contributed by atoms with Crippen molar-refractivity contribution in [3.8, 4) is 0 Å². The number of hydrogen-bond donors (Lipinski definition) is 1. The van der Waals surface area contributed by atoms with Crippen molar-refractivity contribution in [1.29, 1.82) is 0 Å². The summed E-state index contributed by atoms with van der Waals surface area (Å²) in [6.07, 6.45) is 3.83. The van der Waals surface area contributed by atoms with Gasteiger partial charge in [0.15, 0.2) is 0 Å². The summed E-state index contributed by atoms with van der Waals surface area (Å²) in [6.45, 7) is 5.69. The lowest BCUT2D eigenvalue weighted by Crippen LogP contribution is -2.41. The lowest BCUT2D eigenvalue weighted by atomic mass is 10.1. The van der Waals surface area contributed by atoms with Gasteiger partial charge in [-0.3, -0.25) is 9.59 Å². The van der Waals surface area contributed by atoms with Crippen LogP contribution in [0.2, 0.25) is 0 Å². The van der Waals surface area contributed by atoms with Crippen LogP contribution in [0.4, 0.5) is 0 Å². The fourth-order valence-corrected chi connectivity index (χ4v) is 1.72. The number of rotatable bonds is 9. The van der Waals surface area contributed by atoms with E-state index < -0.39 is 0 Å². The molecule has 0 saturated carbocycles. The maximum atomic E-state index is 11.9. The van der Waals surface area contributed by atoms with E-state index in [0.717, 1.165) is 12.8 Å². The molecule has 0 saturated heterocycles. The zero-order valence-electron chi connectivity index (χ0n) is 12.6. The summed E-state index contributed by atoms with van der Waals surface area (Å²) < 4.78 is 4.92. The molecule has 0 heterocycles. The van der Waals surface area contributed by atoms with Crippen LogP contribution in [0, 0.1) is 0 Å². The highest BCUT2D eigenvalue weighted by Gasteiger charge is 2.18. The summed E-state index contributed by atoms with van der Waals surface area (Å²) in [5, 5.41) is 2.34. The Morgan fingerprint density at radius 3 is 2.50 bits per heavy atom. The second-order valence-electron chi connectivity index (χ2n) is 4.43. The van der Waals surface area contributed by atoms with E-state index in [1.54, 1.807) is 27.0 Å². The lowest BCUT2D eigenvalue weighted by Gasteiger charge is -2.26. The Kier molecular flexibility index (Phi) is 9.07. The molecular weight excluding hydrogens is 260 g/mol. The van der Waals surface area contributed by atoms with Gasteiger partial charge in [0.05, 0.1) is 19.2 Å². The van der Waals surface area contributed by atoms with Crippen molar-refractivity contribution in [2.24, 2.45) is 0 Å². The number of esters is 1. The van der Waals surface area contributed by atoms with Gasteiger partial charge in [-0.2, -0.15) is 0 Å². The van der Waals surface area contributed by atoms with Gasteiger partial charge in [-0.05, 0) is 20.3 Å². The standard InChI is InChI=1S/C14H24N2O4/c1-5-7-12(8-11(3)14(19)20-6-2)16(4)13(18)9-15-10-17/h8,10,12H,5-7,9H2,1-4H3,(H,15,17)/b11-8+/t12-/m0/s1. The van der Waals surface area contributed by atoms with Gasteiger partial charge in [-0.15, -0.1) is 0 Å². The maximum Gasteiger partial charge on any atom is 0.333 e. The van der Waals surface area contributed by atoms with Crippen molar-refractivity contribution < 1.29 is 19.1 Å². The molecule has 1 atom stereocenters. The van der Waals surface area contributed by atoms with Gasteiger partial charge < -0.3 is 15.0 Å². The molecule has 0 radical (unpaired) electrons. The van der Waals surface area contributed by atoms with E-state index in [4.69, 9.17) is 4.74 Å². The first kappa shape index (κ1) is 18.1. The van der Waals surface area contributed by atoms with Crippen LogP contribution in [0.1, 0.15) is 33.6 Å². The third-order valence-electron chi connectivity index (χ3n) is 2.85. The molecule has 0 aromatic carbocycles. The summed E-state index contributed by atoms with van der Waals surface area (Å²) >= 11 is 0. The number of nitrogens with zero attached hydrogens (tertiary/aromatic N) is 1. The summed E-state index contributed by atoms with van der Waals surface area (Å²) in [5.41, 5.74) is 0.480. The number of carbonyl (C=O) groups excluding carboxylic acids is 3. The lowest BCUT2D eigenvalue weighted by molar-refractivity contribution is -0.138. The van der Waals surface area contributed by atoms with E-state index in [0.29, 0.717) is 18.6 Å². The number of amides is 2. The summed E-state index contributed by atoms with van der Waals surface area (Å²) in [7, 11) is 1.66. The van der Waals surface area contributed by atoms with Gasteiger partial charge in [0.2, 0.25) is 12.3 Å². The van der Waals surface area contributed by atoms with Gasteiger partial charge in [0.25, 0.3) is 0 Å². The first-order chi connectivity index (χ1) is 9.47. The zero-order valence-corrected chi connectivity index (χ0v) is 12.6. The van der Waals surface area contributed by atoms with Gasteiger partial charge in [0, 0.05) is 12.6 Å². The van der Waals surface area contributed by atoms with E-state index in [1.807, 2.05) is 6.92 Å². The predicted octanol–water partition coefficient (Wildman–Crippen LogP) is 0.869. The largest absolute Gasteiger partial charge is 0.463 e. The molecule has 0 fully saturated rings. The fraction of sp³-hybridized carbons (Fsp3) is 0.643. The van der Waals surface area contributed by atoms with Crippen molar-refractivity contribution in [3.05, 3.63) is 11.6 Å². The zero-order chi connectivity index (χ0) is 15.5. The van der Waals surface area contributed by atoms with Crippen molar-refractivity contribution >= 4 is 18.3 Å². The Hall–Kier alpha value is -1.85. The summed E-state index contributed by atoms with van der Waals surface area (Å²) in [6, 6.07) is -0.189. The number of nitrogens with one attached hydrogen (secondary N) is 1. The minimum Gasteiger partial charge on any atom is -0.463 e. The van der Waals surface area contributed by atoms with Crippen molar-refractivity contribution in [2.45, 2.75) is 39.7 Å². The monoisotopic (exact) mass is 284 g/mol. The molecule has 20 heavy (non-hydrogen) atoms. The van der Waals surface area contributed by atoms with Crippen LogP contribution in [0.5, 0.6) is 0 Å². The van der Waals surface area contributed by atoms with Crippen LogP contribution in [-0.4, -0.2) is 49.4 Å². The minimum atomic E-state index is -0.375. The van der Waals surface area contributed by atoms with Gasteiger partial charge in [-0.25, -0.2) is 4.79 Å². The Bertz CT molecular complexity index is 366. The van der Waals surface area contributed by atoms with Crippen LogP contribution in [-0.2, 0) is 19.1 Å². The molecule has 0 rings (SSSR count). The highest BCUT2D eigenvalue weighted by atomic mass is 16.5. The topological polar surface area (TPSA) is 75.7 Å². The van der Waals surface area contributed by atoms with E-state index in [2.05, 4.69) is 5.32 Å². The van der Waals surface area contributed by atoms with E-state index in [-0.39, 0.29) is 24.5 Å². The van der Waals surface area contributed by atoms with E-state index in [9.17, 15) is 14.4 Å². The highest BCUT2D eigenvalue weighted by Crippen LogP contribution is 2.11. The summed E-state index contributed by atoms with van der Waals surface area (Å²) in [5.74, 6) is -0.580. The average Bonchev–Trinajstić information content (AvgIpc) is 2.43. The van der Waals surface area contributed by atoms with Crippen molar-refractivity contribution in [3.63, 3.8) is 0 Å². The first-order valence-electron chi connectivity index (χ1n) is 6.76. The van der Waals surface area contributed by atoms with E-state index >= 15 is 0 Å². The predicted molar refractivity (Wildman–Crippen MR) is 75.9 cm³/mol. The maximum absolute atomic E-state index is 11.9. The molecule has 2 amide bonds. The molecule has 0 spiro atoms. The molecule has 6 heteroatoms. The molecule has 114 valence electrons. The van der Waals surface area contributed by atoms with Crippen molar-refractivity contribution in [2.75, 3.05) is 20.2 Å². The highest BCUT2D eigenvalue weighted by molar-refractivity contribution is 5.88. The summed E-state index contributed by atoms with van der Waals surface area (Å²) in [4.78, 5) is 35.2. The average molecular weight is 284 g/mol. The van der Waals surface area contributed by atoms with Gasteiger partial charge in [0.1, 0.15) is 0 Å². The quantitative estimate of drug-likeness (QED) is 0.387. The molecule has 0 aliphatic rings. The normalized spacial score (nSPS) is 12.5. The number of hydrogen-bond acceptors (Lipinski definition) is 4. The number of carbonyl (C=O) groups is 3. The SMILES string of the molecule is CCC[C@@H](/C=C(\C)C(=O)OCC)N(C)C(=O)CNC=O. The third kappa shape index (κ3) is 6.36. The fourth-order valence-electron chi connectivity index (χ4n) is 1.72. The second-order valence-corrected chi connectivity index (χ2v) is 4.43. The Labute approximate surface area is 120 Å². The van der Waals surface area contributed by atoms with Gasteiger partial charge >= 0.3 is 5.97 Å². The molecule has 0 aromatic heterocycles. The molecule has 6 nitrogen and oxygen atoms in total. The van der Waals surface area contributed by atoms with Crippen molar-refractivity contribution in [1.82, 2.24) is 10.2 Å². The molecule has 1 N–H and O–H groups in total. The van der Waals surface area contributed by atoms with Crippen LogP contribution in [0.15, 0.2) is 11.6 Å². The van der Waals surface area contributed by atoms with Crippen LogP contribution >= 0.6 is 0 Å². The molecular formula is C14H24N2O4. The molecule has 0 unspecified atom stereocenters. The van der Waals surface area contributed by atoms with Crippen LogP contribution < -0.4 is 5.32 Å².